The first kappa shape index (κ1) is 17.2. The van der Waals surface area contributed by atoms with Crippen molar-refractivity contribution in [3.05, 3.63) is 18.3 Å². The van der Waals surface area contributed by atoms with Gasteiger partial charge in [-0.2, -0.15) is 0 Å². The Morgan fingerprint density at radius 1 is 1.26 bits per heavy atom. The molecule has 0 bridgehead atoms. The Morgan fingerprint density at radius 3 is 2.48 bits per heavy atom. The third kappa shape index (κ3) is 4.92. The van der Waals surface area contributed by atoms with Gasteiger partial charge >= 0.3 is 0 Å². The van der Waals surface area contributed by atoms with Crippen molar-refractivity contribution in [1.82, 2.24) is 10.3 Å². The van der Waals surface area contributed by atoms with Gasteiger partial charge in [0.1, 0.15) is 11.9 Å². The van der Waals surface area contributed by atoms with Gasteiger partial charge in [0.15, 0.2) is 0 Å². The molecule has 0 spiro atoms. The van der Waals surface area contributed by atoms with Gasteiger partial charge in [0.05, 0.1) is 25.1 Å². The molecule has 0 saturated carbocycles. The minimum absolute atomic E-state index is 0.000479. The zero-order valence-electron chi connectivity index (χ0n) is 13.8. The Labute approximate surface area is 136 Å². The minimum atomic E-state index is -0.564. The SMILES string of the molecule is CC(=O)N[C@H](C(=O)Nc1ccc(N2CCOCC2)nc1)C(C)C. The van der Waals surface area contributed by atoms with Crippen molar-refractivity contribution in [3.8, 4) is 0 Å². The van der Waals surface area contributed by atoms with Crippen LogP contribution in [0.4, 0.5) is 11.5 Å². The van der Waals surface area contributed by atoms with E-state index in [-0.39, 0.29) is 17.7 Å². The van der Waals surface area contributed by atoms with Crippen LogP contribution >= 0.6 is 0 Å². The fourth-order valence-corrected chi connectivity index (χ4v) is 2.41. The van der Waals surface area contributed by atoms with Crippen molar-refractivity contribution in [2.24, 2.45) is 5.92 Å². The van der Waals surface area contributed by atoms with Crippen LogP contribution < -0.4 is 15.5 Å². The lowest BCUT2D eigenvalue weighted by molar-refractivity contribution is -0.126. The molecule has 2 heterocycles. The first-order valence-corrected chi connectivity index (χ1v) is 7.84. The molecule has 0 aliphatic carbocycles. The second kappa shape index (κ2) is 7.92. The van der Waals surface area contributed by atoms with Gasteiger partial charge in [0.2, 0.25) is 11.8 Å². The molecule has 23 heavy (non-hydrogen) atoms. The van der Waals surface area contributed by atoms with E-state index in [0.717, 1.165) is 18.9 Å². The largest absolute Gasteiger partial charge is 0.378 e. The first-order chi connectivity index (χ1) is 11.0. The number of carbonyl (C=O) groups excluding carboxylic acids is 2. The van der Waals surface area contributed by atoms with Gasteiger partial charge < -0.3 is 20.3 Å². The van der Waals surface area contributed by atoms with Crippen molar-refractivity contribution < 1.29 is 14.3 Å². The third-order valence-electron chi connectivity index (χ3n) is 3.66. The van der Waals surface area contributed by atoms with E-state index in [0.29, 0.717) is 18.9 Å². The van der Waals surface area contributed by atoms with Crippen LogP contribution in [0.2, 0.25) is 0 Å². The average molecular weight is 320 g/mol. The van der Waals surface area contributed by atoms with Crippen molar-refractivity contribution in [3.63, 3.8) is 0 Å². The molecule has 7 heteroatoms. The van der Waals surface area contributed by atoms with Gasteiger partial charge in [-0.25, -0.2) is 4.98 Å². The molecule has 0 radical (unpaired) electrons. The summed E-state index contributed by atoms with van der Waals surface area (Å²) >= 11 is 0. The molecule has 2 amide bonds. The lowest BCUT2D eigenvalue weighted by Crippen LogP contribution is -2.46. The van der Waals surface area contributed by atoms with E-state index in [9.17, 15) is 9.59 Å². The van der Waals surface area contributed by atoms with Crippen LogP contribution in [-0.4, -0.2) is 49.1 Å². The number of hydrogen-bond acceptors (Lipinski definition) is 5. The van der Waals surface area contributed by atoms with Crippen molar-refractivity contribution in [2.75, 3.05) is 36.5 Å². The summed E-state index contributed by atoms with van der Waals surface area (Å²) in [5.41, 5.74) is 0.614. The fraction of sp³-hybridized carbons (Fsp3) is 0.562. The Hall–Kier alpha value is -2.15. The molecular weight excluding hydrogens is 296 g/mol. The molecule has 1 aliphatic heterocycles. The predicted molar refractivity (Wildman–Crippen MR) is 88.3 cm³/mol. The third-order valence-corrected chi connectivity index (χ3v) is 3.66. The van der Waals surface area contributed by atoms with Crippen LogP contribution in [0, 0.1) is 5.92 Å². The number of nitrogens with one attached hydrogen (secondary N) is 2. The van der Waals surface area contributed by atoms with E-state index in [1.807, 2.05) is 26.0 Å². The molecular formula is C16H24N4O3. The van der Waals surface area contributed by atoms with E-state index in [2.05, 4.69) is 20.5 Å². The van der Waals surface area contributed by atoms with Gasteiger partial charge in [-0.3, -0.25) is 9.59 Å². The van der Waals surface area contributed by atoms with Crippen molar-refractivity contribution in [2.45, 2.75) is 26.8 Å². The summed E-state index contributed by atoms with van der Waals surface area (Å²) < 4.78 is 5.32. The van der Waals surface area contributed by atoms with Crippen LogP contribution in [0.15, 0.2) is 18.3 Å². The quantitative estimate of drug-likeness (QED) is 0.846. The molecule has 1 atom stereocenters. The monoisotopic (exact) mass is 320 g/mol. The second-order valence-electron chi connectivity index (χ2n) is 5.92. The zero-order valence-corrected chi connectivity index (χ0v) is 13.8. The standard InChI is InChI=1S/C16H24N4O3/c1-11(2)15(18-12(3)21)16(22)19-13-4-5-14(17-10-13)20-6-8-23-9-7-20/h4-5,10-11,15H,6-9H2,1-3H3,(H,18,21)(H,19,22)/t15-/m0/s1. The number of rotatable bonds is 5. The highest BCUT2D eigenvalue weighted by Crippen LogP contribution is 2.16. The zero-order chi connectivity index (χ0) is 16.8. The highest BCUT2D eigenvalue weighted by atomic mass is 16.5. The summed E-state index contributed by atoms with van der Waals surface area (Å²) in [5.74, 6) is 0.406. The lowest BCUT2D eigenvalue weighted by Gasteiger charge is -2.27. The number of hydrogen-bond donors (Lipinski definition) is 2. The number of pyridine rings is 1. The van der Waals surface area contributed by atoms with Gasteiger partial charge in [0, 0.05) is 20.0 Å². The normalized spacial score (nSPS) is 16.1. The Balaban J connectivity index is 1.98. The maximum Gasteiger partial charge on any atom is 0.247 e. The highest BCUT2D eigenvalue weighted by Gasteiger charge is 2.23. The minimum Gasteiger partial charge on any atom is -0.378 e. The predicted octanol–water partition coefficient (Wildman–Crippen LogP) is 1.02. The summed E-state index contributed by atoms with van der Waals surface area (Å²) in [7, 11) is 0. The number of aromatic nitrogens is 1. The van der Waals surface area contributed by atoms with Gasteiger partial charge in [0.25, 0.3) is 0 Å². The van der Waals surface area contributed by atoms with Crippen LogP contribution in [0.1, 0.15) is 20.8 Å². The van der Waals surface area contributed by atoms with E-state index in [1.165, 1.54) is 6.92 Å². The number of carbonyl (C=O) groups is 2. The average Bonchev–Trinajstić information content (AvgIpc) is 2.53. The summed E-state index contributed by atoms with van der Waals surface area (Å²) in [5, 5.41) is 5.47. The molecule has 126 valence electrons. The van der Waals surface area contributed by atoms with E-state index < -0.39 is 6.04 Å². The number of nitrogens with zero attached hydrogens (tertiary/aromatic N) is 2. The van der Waals surface area contributed by atoms with Gasteiger partial charge in [-0.1, -0.05) is 13.8 Å². The van der Waals surface area contributed by atoms with E-state index >= 15 is 0 Å². The van der Waals surface area contributed by atoms with Crippen LogP contribution in [0.3, 0.4) is 0 Å². The van der Waals surface area contributed by atoms with Gasteiger partial charge in [-0.05, 0) is 18.1 Å². The van der Waals surface area contributed by atoms with Crippen LogP contribution in [0.25, 0.3) is 0 Å². The maximum absolute atomic E-state index is 12.3. The van der Waals surface area contributed by atoms with Gasteiger partial charge in [-0.15, -0.1) is 0 Å². The number of morpholine rings is 1. The number of amides is 2. The topological polar surface area (TPSA) is 83.6 Å². The lowest BCUT2D eigenvalue weighted by atomic mass is 10.0. The summed E-state index contributed by atoms with van der Waals surface area (Å²) in [6.45, 7) is 8.22. The molecule has 0 unspecified atom stereocenters. The Kier molecular flexibility index (Phi) is 5.92. The fourth-order valence-electron chi connectivity index (χ4n) is 2.41. The molecule has 1 aliphatic rings. The molecule has 0 aromatic carbocycles. The maximum atomic E-state index is 12.3. The van der Waals surface area contributed by atoms with E-state index in [1.54, 1.807) is 6.20 Å². The molecule has 2 N–H and O–H groups in total. The number of anilines is 2. The molecule has 2 rings (SSSR count). The smallest absolute Gasteiger partial charge is 0.247 e. The van der Waals surface area contributed by atoms with E-state index in [4.69, 9.17) is 4.74 Å². The summed E-state index contributed by atoms with van der Waals surface area (Å²) in [4.78, 5) is 30.0. The van der Waals surface area contributed by atoms with Crippen LogP contribution in [-0.2, 0) is 14.3 Å². The first-order valence-electron chi connectivity index (χ1n) is 7.84. The summed E-state index contributed by atoms with van der Waals surface area (Å²) in [6, 6.07) is 3.14. The molecule has 1 aromatic rings. The highest BCUT2D eigenvalue weighted by molar-refractivity contribution is 5.97. The molecule has 7 nitrogen and oxygen atoms in total. The Bertz CT molecular complexity index is 539. The number of ether oxygens (including phenoxy) is 1. The second-order valence-corrected chi connectivity index (χ2v) is 5.92. The summed E-state index contributed by atoms with van der Waals surface area (Å²) in [6.07, 6.45) is 1.63. The molecule has 1 saturated heterocycles. The van der Waals surface area contributed by atoms with Crippen molar-refractivity contribution >= 4 is 23.3 Å². The molecule has 1 aromatic heterocycles. The molecule has 1 fully saturated rings. The van der Waals surface area contributed by atoms with Crippen LogP contribution in [0.5, 0.6) is 0 Å². The van der Waals surface area contributed by atoms with Crippen molar-refractivity contribution in [1.29, 1.82) is 0 Å². The Morgan fingerprint density at radius 2 is 1.96 bits per heavy atom.